The summed E-state index contributed by atoms with van der Waals surface area (Å²) in [4.78, 5) is 13.0. The summed E-state index contributed by atoms with van der Waals surface area (Å²) in [7, 11) is 0. The van der Waals surface area contributed by atoms with Crippen molar-refractivity contribution < 1.29 is 14.3 Å². The molecule has 3 aromatic rings. The van der Waals surface area contributed by atoms with E-state index in [-0.39, 0.29) is 17.2 Å². The van der Waals surface area contributed by atoms with Crippen LogP contribution in [0.5, 0.6) is 11.5 Å². The van der Waals surface area contributed by atoms with Crippen LogP contribution in [0.25, 0.3) is 0 Å². The molecular formula is C27H29NO3. The van der Waals surface area contributed by atoms with Crippen LogP contribution in [0.4, 0.5) is 5.69 Å². The van der Waals surface area contributed by atoms with Gasteiger partial charge in [-0.05, 0) is 34.2 Å². The molecule has 0 saturated carbocycles. The maximum atomic E-state index is 13.0. The molecule has 1 atom stereocenters. The molecule has 0 bridgehead atoms. The number of carbonyl (C=O) groups excluding carboxylic acids is 1. The Morgan fingerprint density at radius 3 is 2.19 bits per heavy atom. The normalized spacial score (nSPS) is 14.0. The molecule has 4 heteroatoms. The average Bonchev–Trinajstić information content (AvgIpc) is 2.77. The van der Waals surface area contributed by atoms with Gasteiger partial charge in [0.25, 0.3) is 0 Å². The molecule has 1 N–H and O–H groups in total. The number of hydrogen-bond acceptors (Lipinski definition) is 3. The van der Waals surface area contributed by atoms with E-state index in [9.17, 15) is 4.79 Å². The van der Waals surface area contributed by atoms with Gasteiger partial charge in [-0.15, -0.1) is 0 Å². The van der Waals surface area contributed by atoms with Gasteiger partial charge >= 0.3 is 0 Å². The Kier molecular flexibility index (Phi) is 5.99. The molecule has 3 aromatic carbocycles. The van der Waals surface area contributed by atoms with Crippen molar-refractivity contribution in [3.05, 3.63) is 89.5 Å². The highest BCUT2D eigenvalue weighted by atomic mass is 16.6. The first-order valence-electron chi connectivity index (χ1n) is 10.7. The second-order valence-electron chi connectivity index (χ2n) is 8.95. The maximum absolute atomic E-state index is 13.0. The second-order valence-corrected chi connectivity index (χ2v) is 8.95. The topological polar surface area (TPSA) is 47.6 Å². The molecule has 0 aliphatic carbocycles. The number of hydrogen-bond donors (Lipinski definition) is 1. The van der Waals surface area contributed by atoms with Crippen LogP contribution < -0.4 is 14.8 Å². The Morgan fingerprint density at radius 2 is 1.52 bits per heavy atom. The SMILES string of the molecule is CC(C)(C)c1ccc(C(CC(=O)Nc2ccc3c(c2)OCCO3)c2ccccc2)cc1. The third kappa shape index (κ3) is 5.08. The fourth-order valence-electron chi connectivity index (χ4n) is 3.85. The van der Waals surface area contributed by atoms with Crippen LogP contribution in [-0.4, -0.2) is 19.1 Å². The number of benzene rings is 3. The minimum atomic E-state index is -0.0366. The molecule has 1 aliphatic heterocycles. The molecular weight excluding hydrogens is 386 g/mol. The third-order valence-corrected chi connectivity index (χ3v) is 5.60. The first kappa shape index (κ1) is 21.0. The monoisotopic (exact) mass is 415 g/mol. The first-order chi connectivity index (χ1) is 14.9. The fraction of sp³-hybridized carbons (Fsp3) is 0.296. The predicted molar refractivity (Wildman–Crippen MR) is 124 cm³/mol. The Balaban J connectivity index is 1.54. The minimum Gasteiger partial charge on any atom is -0.486 e. The van der Waals surface area contributed by atoms with E-state index < -0.39 is 0 Å². The van der Waals surface area contributed by atoms with Gasteiger partial charge in [-0.1, -0.05) is 75.4 Å². The van der Waals surface area contributed by atoms with Crippen LogP contribution in [0.2, 0.25) is 0 Å². The van der Waals surface area contributed by atoms with Crippen LogP contribution in [0.1, 0.15) is 49.8 Å². The zero-order valence-corrected chi connectivity index (χ0v) is 18.4. The highest BCUT2D eigenvalue weighted by Gasteiger charge is 2.21. The lowest BCUT2D eigenvalue weighted by Gasteiger charge is -2.22. The van der Waals surface area contributed by atoms with E-state index in [1.807, 2.05) is 36.4 Å². The van der Waals surface area contributed by atoms with Gasteiger partial charge < -0.3 is 14.8 Å². The summed E-state index contributed by atoms with van der Waals surface area (Å²) in [5.74, 6) is 1.32. The molecule has 4 nitrogen and oxygen atoms in total. The predicted octanol–water partition coefficient (Wildman–Crippen LogP) is 5.92. The zero-order valence-electron chi connectivity index (χ0n) is 18.4. The highest BCUT2D eigenvalue weighted by molar-refractivity contribution is 5.92. The summed E-state index contributed by atoms with van der Waals surface area (Å²) in [6.45, 7) is 7.68. The van der Waals surface area contributed by atoms with Crippen molar-refractivity contribution in [3.8, 4) is 11.5 Å². The molecule has 0 spiro atoms. The van der Waals surface area contributed by atoms with Crippen molar-refractivity contribution in [1.82, 2.24) is 0 Å². The van der Waals surface area contributed by atoms with Crippen LogP contribution in [-0.2, 0) is 10.2 Å². The van der Waals surface area contributed by atoms with E-state index >= 15 is 0 Å². The quantitative estimate of drug-likeness (QED) is 0.563. The summed E-state index contributed by atoms with van der Waals surface area (Å²) in [6.07, 6.45) is 0.354. The summed E-state index contributed by atoms with van der Waals surface area (Å²) in [5.41, 5.74) is 4.35. The largest absolute Gasteiger partial charge is 0.486 e. The Bertz CT molecular complexity index is 1040. The van der Waals surface area contributed by atoms with Gasteiger partial charge in [-0.25, -0.2) is 0 Å². The standard InChI is InChI=1S/C27H29NO3/c1-27(2,3)21-11-9-20(10-12-21)23(19-7-5-4-6-8-19)18-26(29)28-22-13-14-24-25(17-22)31-16-15-30-24/h4-14,17,23H,15-16,18H2,1-3H3,(H,28,29). The number of carbonyl (C=O) groups is 1. The summed E-state index contributed by atoms with van der Waals surface area (Å²) in [6, 6.07) is 24.3. The minimum absolute atomic E-state index is 0.0209. The molecule has 0 saturated heterocycles. The summed E-state index contributed by atoms with van der Waals surface area (Å²) < 4.78 is 11.2. The number of amides is 1. The highest BCUT2D eigenvalue weighted by Crippen LogP contribution is 2.34. The van der Waals surface area contributed by atoms with Gasteiger partial charge in [-0.2, -0.15) is 0 Å². The second kappa shape index (κ2) is 8.84. The van der Waals surface area contributed by atoms with E-state index in [0.29, 0.717) is 36.8 Å². The van der Waals surface area contributed by atoms with E-state index in [1.54, 1.807) is 0 Å². The van der Waals surface area contributed by atoms with Gasteiger partial charge in [0.2, 0.25) is 5.91 Å². The molecule has 0 aromatic heterocycles. The molecule has 160 valence electrons. The van der Waals surface area contributed by atoms with Gasteiger partial charge in [0.05, 0.1) is 0 Å². The molecule has 4 rings (SSSR count). The number of nitrogens with one attached hydrogen (secondary N) is 1. The van der Waals surface area contributed by atoms with Crippen molar-refractivity contribution in [2.24, 2.45) is 0 Å². The molecule has 1 heterocycles. The molecule has 31 heavy (non-hydrogen) atoms. The Hall–Kier alpha value is -3.27. The van der Waals surface area contributed by atoms with E-state index in [0.717, 1.165) is 11.1 Å². The lowest BCUT2D eigenvalue weighted by atomic mass is 9.83. The molecule has 0 fully saturated rings. The summed E-state index contributed by atoms with van der Waals surface area (Å²) >= 11 is 0. The van der Waals surface area contributed by atoms with E-state index in [2.05, 4.69) is 62.5 Å². The van der Waals surface area contributed by atoms with Crippen LogP contribution in [0.3, 0.4) is 0 Å². The van der Waals surface area contributed by atoms with Gasteiger partial charge in [-0.3, -0.25) is 4.79 Å². The van der Waals surface area contributed by atoms with Crippen molar-refractivity contribution in [2.45, 2.75) is 38.5 Å². The zero-order chi connectivity index (χ0) is 21.8. The first-order valence-corrected chi connectivity index (χ1v) is 10.7. The van der Waals surface area contributed by atoms with Crippen molar-refractivity contribution in [2.75, 3.05) is 18.5 Å². The van der Waals surface area contributed by atoms with Crippen LogP contribution >= 0.6 is 0 Å². The van der Waals surface area contributed by atoms with Crippen LogP contribution in [0.15, 0.2) is 72.8 Å². The number of anilines is 1. The molecule has 0 radical (unpaired) electrons. The third-order valence-electron chi connectivity index (χ3n) is 5.60. The fourth-order valence-corrected chi connectivity index (χ4v) is 3.85. The van der Waals surface area contributed by atoms with Gasteiger partial charge in [0.1, 0.15) is 13.2 Å². The summed E-state index contributed by atoms with van der Waals surface area (Å²) in [5, 5.41) is 3.02. The maximum Gasteiger partial charge on any atom is 0.225 e. The molecule has 1 amide bonds. The van der Waals surface area contributed by atoms with E-state index in [1.165, 1.54) is 5.56 Å². The Morgan fingerprint density at radius 1 is 0.871 bits per heavy atom. The van der Waals surface area contributed by atoms with Crippen molar-refractivity contribution in [1.29, 1.82) is 0 Å². The van der Waals surface area contributed by atoms with Crippen molar-refractivity contribution >= 4 is 11.6 Å². The lowest BCUT2D eigenvalue weighted by Crippen LogP contribution is -2.18. The molecule has 1 unspecified atom stereocenters. The smallest absolute Gasteiger partial charge is 0.225 e. The number of rotatable bonds is 5. The number of fused-ring (bicyclic) bond motifs is 1. The average molecular weight is 416 g/mol. The van der Waals surface area contributed by atoms with Gasteiger partial charge in [0.15, 0.2) is 11.5 Å². The van der Waals surface area contributed by atoms with E-state index in [4.69, 9.17) is 9.47 Å². The Labute approximate surface area is 184 Å². The van der Waals surface area contributed by atoms with Gasteiger partial charge in [0, 0.05) is 24.1 Å². The molecule has 1 aliphatic rings. The lowest BCUT2D eigenvalue weighted by molar-refractivity contribution is -0.116. The van der Waals surface area contributed by atoms with Crippen molar-refractivity contribution in [3.63, 3.8) is 0 Å². The number of ether oxygens (including phenoxy) is 2. The van der Waals surface area contributed by atoms with Crippen LogP contribution in [0, 0.1) is 0 Å².